The molecule has 16 heavy (non-hydrogen) atoms. The van der Waals surface area contributed by atoms with Gasteiger partial charge in [0, 0.05) is 24.8 Å². The number of thioether (sulfide) groups is 1. The lowest BCUT2D eigenvalue weighted by atomic mass is 10.3. The van der Waals surface area contributed by atoms with E-state index >= 15 is 0 Å². The average Bonchev–Trinajstić information content (AvgIpc) is 2.78. The second kappa shape index (κ2) is 5.50. The predicted octanol–water partition coefficient (Wildman–Crippen LogP) is 1.89. The number of aryl methyl sites for hydroxylation is 1. The number of nitrogens with two attached hydrogens (primary N) is 1. The van der Waals surface area contributed by atoms with Crippen molar-refractivity contribution in [3.8, 4) is 0 Å². The summed E-state index contributed by atoms with van der Waals surface area (Å²) in [4.78, 5) is 8.58. The average molecular weight is 239 g/mol. The Balaban J connectivity index is 1.94. The van der Waals surface area contributed by atoms with Crippen molar-refractivity contribution in [1.82, 2.24) is 9.97 Å². The molecule has 1 unspecified atom stereocenters. The Bertz CT molecular complexity index is 353. The molecule has 1 aliphatic rings. The molecule has 5 heteroatoms. The van der Waals surface area contributed by atoms with Crippen molar-refractivity contribution in [2.24, 2.45) is 0 Å². The minimum atomic E-state index is 0.381. The molecule has 1 saturated heterocycles. The van der Waals surface area contributed by atoms with E-state index in [0.29, 0.717) is 11.9 Å². The Hall–Kier alpha value is -0.810. The minimum Gasteiger partial charge on any atom is -0.384 e. The SMILES string of the molecule is CCc1nc(N)cc(SCC2CCCO2)n1. The Morgan fingerprint density at radius 1 is 1.56 bits per heavy atom. The highest BCUT2D eigenvalue weighted by Gasteiger charge is 2.16. The highest BCUT2D eigenvalue weighted by atomic mass is 32.2. The molecule has 1 atom stereocenters. The van der Waals surface area contributed by atoms with E-state index in [-0.39, 0.29) is 0 Å². The first-order valence-corrected chi connectivity index (χ1v) is 6.64. The van der Waals surface area contributed by atoms with Crippen LogP contribution in [0.2, 0.25) is 0 Å². The molecule has 0 aliphatic carbocycles. The largest absolute Gasteiger partial charge is 0.384 e. The molecule has 0 spiro atoms. The van der Waals surface area contributed by atoms with Crippen LogP contribution in [0.5, 0.6) is 0 Å². The van der Waals surface area contributed by atoms with E-state index in [1.54, 1.807) is 11.8 Å². The Labute approximate surface area is 100.0 Å². The zero-order valence-corrected chi connectivity index (χ0v) is 10.3. The van der Waals surface area contributed by atoms with E-state index in [1.807, 2.05) is 13.0 Å². The van der Waals surface area contributed by atoms with Gasteiger partial charge >= 0.3 is 0 Å². The molecule has 1 fully saturated rings. The first-order valence-electron chi connectivity index (χ1n) is 5.65. The molecule has 1 aromatic rings. The summed E-state index contributed by atoms with van der Waals surface area (Å²) in [5.74, 6) is 2.33. The van der Waals surface area contributed by atoms with Gasteiger partial charge in [0.15, 0.2) is 0 Å². The van der Waals surface area contributed by atoms with Crippen molar-refractivity contribution in [2.45, 2.75) is 37.3 Å². The lowest BCUT2D eigenvalue weighted by Crippen LogP contribution is -2.08. The van der Waals surface area contributed by atoms with Crippen LogP contribution in [0.15, 0.2) is 11.1 Å². The summed E-state index contributed by atoms with van der Waals surface area (Å²) in [7, 11) is 0. The van der Waals surface area contributed by atoms with Gasteiger partial charge in [0.05, 0.1) is 6.10 Å². The number of rotatable bonds is 4. The molecule has 0 aromatic carbocycles. The second-order valence-electron chi connectivity index (χ2n) is 3.85. The molecule has 2 rings (SSSR count). The number of hydrogen-bond acceptors (Lipinski definition) is 5. The van der Waals surface area contributed by atoms with E-state index in [4.69, 9.17) is 10.5 Å². The fraction of sp³-hybridized carbons (Fsp3) is 0.636. The highest BCUT2D eigenvalue weighted by molar-refractivity contribution is 7.99. The summed E-state index contributed by atoms with van der Waals surface area (Å²) in [6.07, 6.45) is 3.54. The van der Waals surface area contributed by atoms with E-state index in [1.165, 1.54) is 6.42 Å². The third-order valence-corrected chi connectivity index (χ3v) is 3.57. The lowest BCUT2D eigenvalue weighted by molar-refractivity contribution is 0.129. The summed E-state index contributed by atoms with van der Waals surface area (Å²) < 4.78 is 5.57. The fourth-order valence-corrected chi connectivity index (χ4v) is 2.67. The van der Waals surface area contributed by atoms with Gasteiger partial charge in [0.25, 0.3) is 0 Å². The quantitative estimate of drug-likeness (QED) is 0.642. The van der Waals surface area contributed by atoms with Gasteiger partial charge in [-0.25, -0.2) is 9.97 Å². The first kappa shape index (κ1) is 11.7. The summed E-state index contributed by atoms with van der Waals surface area (Å²) in [5, 5.41) is 0.958. The zero-order chi connectivity index (χ0) is 11.4. The maximum Gasteiger partial charge on any atom is 0.131 e. The van der Waals surface area contributed by atoms with Crippen molar-refractivity contribution in [1.29, 1.82) is 0 Å². The van der Waals surface area contributed by atoms with Crippen LogP contribution in [-0.2, 0) is 11.2 Å². The molecule has 0 amide bonds. The van der Waals surface area contributed by atoms with Gasteiger partial charge in [0.1, 0.15) is 16.7 Å². The lowest BCUT2D eigenvalue weighted by Gasteiger charge is -2.08. The van der Waals surface area contributed by atoms with Gasteiger partial charge in [-0.2, -0.15) is 0 Å². The normalized spacial score (nSPS) is 20.2. The van der Waals surface area contributed by atoms with Crippen LogP contribution >= 0.6 is 11.8 Å². The van der Waals surface area contributed by atoms with Crippen LogP contribution in [-0.4, -0.2) is 28.4 Å². The monoisotopic (exact) mass is 239 g/mol. The Kier molecular flexibility index (Phi) is 4.01. The molecule has 2 heterocycles. The van der Waals surface area contributed by atoms with Gasteiger partial charge < -0.3 is 10.5 Å². The molecule has 2 N–H and O–H groups in total. The van der Waals surface area contributed by atoms with Crippen molar-refractivity contribution >= 4 is 17.6 Å². The maximum atomic E-state index is 5.72. The molecule has 1 aliphatic heterocycles. The van der Waals surface area contributed by atoms with Crippen LogP contribution in [0.4, 0.5) is 5.82 Å². The van der Waals surface area contributed by atoms with Crippen molar-refractivity contribution < 1.29 is 4.74 Å². The first-order chi connectivity index (χ1) is 7.78. The van der Waals surface area contributed by atoms with Crippen LogP contribution in [0.1, 0.15) is 25.6 Å². The van der Waals surface area contributed by atoms with Crippen molar-refractivity contribution in [2.75, 3.05) is 18.1 Å². The zero-order valence-electron chi connectivity index (χ0n) is 9.48. The molecular weight excluding hydrogens is 222 g/mol. The Morgan fingerprint density at radius 2 is 2.44 bits per heavy atom. The number of nitrogens with zero attached hydrogens (tertiary/aromatic N) is 2. The van der Waals surface area contributed by atoms with E-state index in [0.717, 1.165) is 36.1 Å². The third kappa shape index (κ3) is 3.09. The van der Waals surface area contributed by atoms with E-state index in [9.17, 15) is 0 Å². The predicted molar refractivity (Wildman–Crippen MR) is 65.5 cm³/mol. The van der Waals surface area contributed by atoms with Crippen molar-refractivity contribution in [3.05, 3.63) is 11.9 Å². The topological polar surface area (TPSA) is 61.0 Å². The highest BCUT2D eigenvalue weighted by Crippen LogP contribution is 2.23. The fourth-order valence-electron chi connectivity index (χ4n) is 1.68. The van der Waals surface area contributed by atoms with Crippen LogP contribution < -0.4 is 5.73 Å². The van der Waals surface area contributed by atoms with Gasteiger partial charge in [0.2, 0.25) is 0 Å². The van der Waals surface area contributed by atoms with Gasteiger partial charge in [-0.15, -0.1) is 11.8 Å². The number of ether oxygens (including phenoxy) is 1. The number of aromatic nitrogens is 2. The second-order valence-corrected chi connectivity index (χ2v) is 4.89. The molecule has 88 valence electrons. The molecular formula is C11H17N3OS. The van der Waals surface area contributed by atoms with E-state index in [2.05, 4.69) is 9.97 Å². The smallest absolute Gasteiger partial charge is 0.131 e. The standard InChI is InChI=1S/C11H17N3OS/c1-2-10-13-9(12)6-11(14-10)16-7-8-4-3-5-15-8/h6,8H,2-5,7H2,1H3,(H2,12,13,14). The number of nitrogen functional groups attached to an aromatic ring is 1. The number of anilines is 1. The van der Waals surface area contributed by atoms with Crippen molar-refractivity contribution in [3.63, 3.8) is 0 Å². The Morgan fingerprint density at radius 3 is 3.12 bits per heavy atom. The summed E-state index contributed by atoms with van der Waals surface area (Å²) in [6.45, 7) is 2.93. The van der Waals surface area contributed by atoms with Gasteiger partial charge in [-0.3, -0.25) is 0 Å². The van der Waals surface area contributed by atoms with E-state index < -0.39 is 0 Å². The number of hydrogen-bond donors (Lipinski definition) is 1. The van der Waals surface area contributed by atoms with Crippen LogP contribution in [0.3, 0.4) is 0 Å². The summed E-state index contributed by atoms with van der Waals surface area (Å²) >= 11 is 1.71. The van der Waals surface area contributed by atoms with Crippen LogP contribution in [0.25, 0.3) is 0 Å². The molecule has 4 nitrogen and oxygen atoms in total. The maximum absolute atomic E-state index is 5.72. The van der Waals surface area contributed by atoms with Crippen LogP contribution in [0, 0.1) is 0 Å². The summed E-state index contributed by atoms with van der Waals surface area (Å²) in [6, 6.07) is 1.83. The molecule has 0 bridgehead atoms. The summed E-state index contributed by atoms with van der Waals surface area (Å²) in [5.41, 5.74) is 5.72. The molecule has 0 saturated carbocycles. The van der Waals surface area contributed by atoms with Gasteiger partial charge in [-0.05, 0) is 12.8 Å². The third-order valence-electron chi connectivity index (χ3n) is 2.53. The molecule has 0 radical (unpaired) electrons. The minimum absolute atomic E-state index is 0.381. The van der Waals surface area contributed by atoms with Gasteiger partial charge in [-0.1, -0.05) is 6.92 Å². The molecule has 1 aromatic heterocycles.